The zero-order valence-electron chi connectivity index (χ0n) is 11.1. The van der Waals surface area contributed by atoms with Crippen molar-refractivity contribution < 1.29 is 4.74 Å². The van der Waals surface area contributed by atoms with Crippen LogP contribution in [-0.2, 0) is 4.74 Å². The first-order valence-corrected chi connectivity index (χ1v) is 6.44. The Balaban J connectivity index is 1.93. The summed E-state index contributed by atoms with van der Waals surface area (Å²) in [6.07, 6.45) is 2.98. The highest BCUT2D eigenvalue weighted by Gasteiger charge is 2.37. The van der Waals surface area contributed by atoms with Crippen molar-refractivity contribution in [3.63, 3.8) is 0 Å². The number of likely N-dealkylation sites (N-methyl/N-ethyl adjacent to an activating group) is 1. The Morgan fingerprint density at radius 2 is 2.24 bits per heavy atom. The molecule has 0 saturated carbocycles. The fraction of sp³-hybridized carbons (Fsp3) is 0.917. The lowest BCUT2D eigenvalue weighted by molar-refractivity contribution is 0.0163. The Morgan fingerprint density at radius 1 is 1.47 bits per heavy atom. The standard InChI is InChI=1S/C12H24N4O/c1-9-4-5-11(17-9)10-8-14-12(13)16(10)7-6-15(2)3/h9-11H,4-8H2,1-3H3,(H2,13,14). The fourth-order valence-electron chi connectivity index (χ4n) is 2.57. The molecule has 0 bridgehead atoms. The predicted molar refractivity (Wildman–Crippen MR) is 69.1 cm³/mol. The van der Waals surface area contributed by atoms with Gasteiger partial charge in [0.05, 0.1) is 24.8 Å². The SMILES string of the molecule is CC1CCC(C2CN=C(N)N2CCN(C)C)O1. The van der Waals surface area contributed by atoms with Crippen LogP contribution < -0.4 is 5.73 Å². The summed E-state index contributed by atoms with van der Waals surface area (Å²) in [6, 6.07) is 0.347. The molecule has 98 valence electrons. The van der Waals surface area contributed by atoms with E-state index in [0.29, 0.717) is 24.2 Å². The molecule has 0 aromatic rings. The summed E-state index contributed by atoms with van der Waals surface area (Å²) in [5, 5.41) is 0. The molecule has 1 saturated heterocycles. The van der Waals surface area contributed by atoms with Gasteiger partial charge < -0.3 is 20.3 Å². The Hall–Kier alpha value is -0.810. The van der Waals surface area contributed by atoms with Crippen LogP contribution in [0.15, 0.2) is 4.99 Å². The highest BCUT2D eigenvalue weighted by Crippen LogP contribution is 2.26. The van der Waals surface area contributed by atoms with Gasteiger partial charge in [0.25, 0.3) is 0 Å². The molecule has 0 aliphatic carbocycles. The lowest BCUT2D eigenvalue weighted by Gasteiger charge is -2.31. The lowest BCUT2D eigenvalue weighted by atomic mass is 10.1. The molecule has 0 amide bonds. The molecule has 0 spiro atoms. The number of hydrogen-bond acceptors (Lipinski definition) is 5. The Bertz CT molecular complexity index is 292. The van der Waals surface area contributed by atoms with Gasteiger partial charge in [-0.05, 0) is 33.9 Å². The molecule has 0 aromatic carbocycles. The number of nitrogens with two attached hydrogens (primary N) is 1. The van der Waals surface area contributed by atoms with Gasteiger partial charge in [-0.2, -0.15) is 0 Å². The molecule has 5 heteroatoms. The van der Waals surface area contributed by atoms with Crippen molar-refractivity contribution in [1.29, 1.82) is 0 Å². The molecular formula is C12H24N4O. The number of rotatable bonds is 4. The summed E-state index contributed by atoms with van der Waals surface area (Å²) in [6.45, 7) is 4.86. The van der Waals surface area contributed by atoms with E-state index in [1.165, 1.54) is 0 Å². The van der Waals surface area contributed by atoms with Crippen molar-refractivity contribution in [3.05, 3.63) is 0 Å². The summed E-state index contributed by atoms with van der Waals surface area (Å²) in [7, 11) is 4.15. The minimum Gasteiger partial charge on any atom is -0.373 e. The Labute approximate surface area is 104 Å². The van der Waals surface area contributed by atoms with Crippen LogP contribution in [0, 0.1) is 0 Å². The van der Waals surface area contributed by atoms with Crippen molar-refractivity contribution in [2.24, 2.45) is 10.7 Å². The molecule has 2 heterocycles. The molecule has 2 rings (SSSR count). The molecule has 5 nitrogen and oxygen atoms in total. The van der Waals surface area contributed by atoms with Gasteiger partial charge in [0.2, 0.25) is 0 Å². The highest BCUT2D eigenvalue weighted by molar-refractivity contribution is 5.80. The number of hydrogen-bond donors (Lipinski definition) is 1. The van der Waals surface area contributed by atoms with Gasteiger partial charge in [-0.25, -0.2) is 0 Å². The molecule has 0 aromatic heterocycles. The topological polar surface area (TPSA) is 54.1 Å². The molecule has 17 heavy (non-hydrogen) atoms. The first kappa shape index (κ1) is 12.6. The molecule has 2 aliphatic rings. The molecular weight excluding hydrogens is 216 g/mol. The van der Waals surface area contributed by atoms with Crippen LogP contribution in [-0.4, -0.2) is 67.7 Å². The summed E-state index contributed by atoms with van der Waals surface area (Å²) < 4.78 is 5.95. The first-order valence-electron chi connectivity index (χ1n) is 6.44. The van der Waals surface area contributed by atoms with Gasteiger partial charge in [-0.15, -0.1) is 0 Å². The molecule has 2 aliphatic heterocycles. The van der Waals surface area contributed by atoms with Crippen molar-refractivity contribution in [2.45, 2.75) is 38.0 Å². The van der Waals surface area contributed by atoms with Crippen LogP contribution in [0.3, 0.4) is 0 Å². The van der Waals surface area contributed by atoms with E-state index in [0.717, 1.165) is 32.5 Å². The second-order valence-electron chi connectivity index (χ2n) is 5.33. The monoisotopic (exact) mass is 240 g/mol. The second-order valence-corrected chi connectivity index (χ2v) is 5.33. The van der Waals surface area contributed by atoms with Gasteiger partial charge in [-0.3, -0.25) is 4.99 Å². The van der Waals surface area contributed by atoms with E-state index in [1.54, 1.807) is 0 Å². The maximum absolute atomic E-state index is 5.96. The minimum absolute atomic E-state index is 0.303. The third-order valence-electron chi connectivity index (χ3n) is 3.62. The number of guanidine groups is 1. The van der Waals surface area contributed by atoms with E-state index < -0.39 is 0 Å². The van der Waals surface area contributed by atoms with E-state index >= 15 is 0 Å². The largest absolute Gasteiger partial charge is 0.373 e. The summed E-state index contributed by atoms with van der Waals surface area (Å²) in [4.78, 5) is 8.75. The van der Waals surface area contributed by atoms with Crippen LogP contribution in [0.2, 0.25) is 0 Å². The smallest absolute Gasteiger partial charge is 0.191 e. The number of ether oxygens (including phenoxy) is 1. The third kappa shape index (κ3) is 2.90. The maximum Gasteiger partial charge on any atom is 0.191 e. The van der Waals surface area contributed by atoms with E-state index in [-0.39, 0.29) is 0 Å². The second kappa shape index (κ2) is 5.23. The van der Waals surface area contributed by atoms with Crippen molar-refractivity contribution in [3.8, 4) is 0 Å². The third-order valence-corrected chi connectivity index (χ3v) is 3.62. The van der Waals surface area contributed by atoms with E-state index in [4.69, 9.17) is 10.5 Å². The van der Waals surface area contributed by atoms with E-state index in [9.17, 15) is 0 Å². The zero-order chi connectivity index (χ0) is 12.4. The average molecular weight is 240 g/mol. The van der Waals surface area contributed by atoms with Crippen LogP contribution in [0.4, 0.5) is 0 Å². The first-order chi connectivity index (χ1) is 8.08. The minimum atomic E-state index is 0.303. The number of aliphatic imine (C=N–C) groups is 1. The lowest BCUT2D eigenvalue weighted by Crippen LogP contribution is -2.49. The molecule has 1 fully saturated rings. The van der Waals surface area contributed by atoms with Gasteiger partial charge in [0.15, 0.2) is 5.96 Å². The molecule has 2 N–H and O–H groups in total. The van der Waals surface area contributed by atoms with Gasteiger partial charge >= 0.3 is 0 Å². The van der Waals surface area contributed by atoms with Crippen LogP contribution in [0.25, 0.3) is 0 Å². The van der Waals surface area contributed by atoms with Gasteiger partial charge in [-0.1, -0.05) is 0 Å². The van der Waals surface area contributed by atoms with Gasteiger partial charge in [0, 0.05) is 13.1 Å². The van der Waals surface area contributed by atoms with Crippen molar-refractivity contribution in [1.82, 2.24) is 9.80 Å². The van der Waals surface area contributed by atoms with Crippen LogP contribution in [0.1, 0.15) is 19.8 Å². The van der Waals surface area contributed by atoms with E-state index in [1.807, 2.05) is 0 Å². The fourth-order valence-corrected chi connectivity index (χ4v) is 2.57. The van der Waals surface area contributed by atoms with E-state index in [2.05, 4.69) is 35.8 Å². The highest BCUT2D eigenvalue weighted by atomic mass is 16.5. The quantitative estimate of drug-likeness (QED) is 0.758. The Morgan fingerprint density at radius 3 is 2.82 bits per heavy atom. The number of nitrogens with zero attached hydrogens (tertiary/aromatic N) is 3. The van der Waals surface area contributed by atoms with Crippen LogP contribution >= 0.6 is 0 Å². The average Bonchev–Trinajstić information content (AvgIpc) is 2.82. The van der Waals surface area contributed by atoms with Gasteiger partial charge in [0.1, 0.15) is 0 Å². The zero-order valence-corrected chi connectivity index (χ0v) is 11.1. The van der Waals surface area contributed by atoms with Crippen molar-refractivity contribution >= 4 is 5.96 Å². The molecule has 3 unspecified atom stereocenters. The maximum atomic E-state index is 5.96. The normalized spacial score (nSPS) is 33.5. The Kier molecular flexibility index (Phi) is 3.89. The molecule has 0 radical (unpaired) electrons. The molecule has 3 atom stereocenters. The predicted octanol–water partition coefficient (Wildman–Crippen LogP) is 0.114. The van der Waals surface area contributed by atoms with Crippen LogP contribution in [0.5, 0.6) is 0 Å². The summed E-state index contributed by atoms with van der Waals surface area (Å²) in [5.41, 5.74) is 5.96. The summed E-state index contributed by atoms with van der Waals surface area (Å²) >= 11 is 0. The summed E-state index contributed by atoms with van der Waals surface area (Å²) in [5.74, 6) is 0.681. The van der Waals surface area contributed by atoms with Crippen molar-refractivity contribution in [2.75, 3.05) is 33.7 Å².